The molecule has 0 heterocycles. The molecule has 1 N–H and O–H groups in total. The van der Waals surface area contributed by atoms with Crippen LogP contribution in [0.5, 0.6) is 5.75 Å². The summed E-state index contributed by atoms with van der Waals surface area (Å²) in [4.78, 5) is 28.5. The van der Waals surface area contributed by atoms with E-state index in [-0.39, 0.29) is 17.1 Å². The number of ether oxygens (including phenoxy) is 1. The zero-order valence-corrected chi connectivity index (χ0v) is 25.3. The van der Waals surface area contributed by atoms with Gasteiger partial charge in [-0.1, -0.05) is 47.5 Å². The molecule has 0 aliphatic heterocycles. The van der Waals surface area contributed by atoms with Crippen molar-refractivity contribution in [2.24, 2.45) is 0 Å². The maximum absolute atomic E-state index is 14.0. The van der Waals surface area contributed by atoms with Gasteiger partial charge < -0.3 is 15.0 Å². The number of nitrogens with one attached hydrogen (secondary N) is 1. The lowest BCUT2D eigenvalue weighted by atomic mass is 10.1. The minimum absolute atomic E-state index is 0.0119. The van der Waals surface area contributed by atoms with Crippen molar-refractivity contribution in [1.82, 2.24) is 10.2 Å². The summed E-state index contributed by atoms with van der Waals surface area (Å²) in [5.74, 6) is -0.511. The molecule has 40 heavy (non-hydrogen) atoms. The quantitative estimate of drug-likeness (QED) is 0.328. The first-order valence-corrected chi connectivity index (χ1v) is 14.7. The summed E-state index contributed by atoms with van der Waals surface area (Å²) in [6.07, 6.45) is 0. The molecule has 0 fully saturated rings. The lowest BCUT2D eigenvalue weighted by Crippen LogP contribution is -2.54. The minimum Gasteiger partial charge on any atom is -0.497 e. The second kappa shape index (κ2) is 12.9. The molecule has 0 spiro atoms. The highest BCUT2D eigenvalue weighted by molar-refractivity contribution is 7.92. The van der Waals surface area contributed by atoms with Gasteiger partial charge in [0.15, 0.2) is 0 Å². The lowest BCUT2D eigenvalue weighted by Gasteiger charge is -2.33. The Morgan fingerprint density at radius 3 is 2.02 bits per heavy atom. The van der Waals surface area contributed by atoms with E-state index in [9.17, 15) is 18.0 Å². The molecule has 3 rings (SSSR count). The van der Waals surface area contributed by atoms with Crippen LogP contribution in [0.2, 0.25) is 10.0 Å². The van der Waals surface area contributed by atoms with E-state index in [0.717, 1.165) is 4.31 Å². The average Bonchev–Trinajstić information content (AvgIpc) is 2.90. The number of methoxy groups -OCH3 is 1. The van der Waals surface area contributed by atoms with Gasteiger partial charge in [0.2, 0.25) is 11.8 Å². The van der Waals surface area contributed by atoms with Gasteiger partial charge in [0.25, 0.3) is 10.0 Å². The predicted molar refractivity (Wildman–Crippen MR) is 158 cm³/mol. The molecule has 11 heteroatoms. The summed E-state index contributed by atoms with van der Waals surface area (Å²) >= 11 is 12.8. The SMILES string of the molecule is COc1ccc(N(CC(=O)N(Cc2c(Cl)cccc2Cl)[C@@H](C)C(=O)NC(C)(C)C)S(=O)(=O)c2ccccc2)cc1. The van der Waals surface area contributed by atoms with Gasteiger partial charge >= 0.3 is 0 Å². The highest BCUT2D eigenvalue weighted by Crippen LogP contribution is 2.29. The van der Waals surface area contributed by atoms with Crippen LogP contribution in [0.3, 0.4) is 0 Å². The number of nitrogens with zero attached hydrogens (tertiary/aromatic N) is 2. The number of carbonyl (C=O) groups excluding carboxylic acids is 2. The molecule has 0 saturated carbocycles. The summed E-state index contributed by atoms with van der Waals surface area (Å²) in [5, 5.41) is 3.51. The van der Waals surface area contributed by atoms with Gasteiger partial charge in [-0.2, -0.15) is 0 Å². The average molecular weight is 607 g/mol. The third-order valence-electron chi connectivity index (χ3n) is 6.03. The van der Waals surface area contributed by atoms with Gasteiger partial charge in [0.1, 0.15) is 18.3 Å². The highest BCUT2D eigenvalue weighted by atomic mass is 35.5. The van der Waals surface area contributed by atoms with Crippen molar-refractivity contribution in [2.75, 3.05) is 18.0 Å². The first kappa shape index (κ1) is 31.3. The second-order valence-corrected chi connectivity index (χ2v) is 12.8. The van der Waals surface area contributed by atoms with E-state index in [1.165, 1.54) is 24.1 Å². The second-order valence-electron chi connectivity index (χ2n) is 10.2. The molecular formula is C29H33Cl2N3O5S. The van der Waals surface area contributed by atoms with Crippen molar-refractivity contribution in [3.8, 4) is 5.75 Å². The third-order valence-corrected chi connectivity index (χ3v) is 8.52. The molecule has 0 aliphatic carbocycles. The van der Waals surface area contributed by atoms with Crippen molar-refractivity contribution < 1.29 is 22.7 Å². The molecule has 0 radical (unpaired) electrons. The smallest absolute Gasteiger partial charge is 0.264 e. The Morgan fingerprint density at radius 2 is 1.50 bits per heavy atom. The van der Waals surface area contributed by atoms with Crippen molar-refractivity contribution in [2.45, 2.75) is 50.7 Å². The number of halogens is 2. The van der Waals surface area contributed by atoms with Gasteiger partial charge in [-0.3, -0.25) is 13.9 Å². The predicted octanol–water partition coefficient (Wildman–Crippen LogP) is 5.53. The first-order chi connectivity index (χ1) is 18.7. The van der Waals surface area contributed by atoms with Crippen LogP contribution in [0.1, 0.15) is 33.3 Å². The molecule has 2 amide bonds. The molecular weight excluding hydrogens is 573 g/mol. The zero-order chi connectivity index (χ0) is 29.7. The third kappa shape index (κ3) is 7.68. The normalized spacial score (nSPS) is 12.4. The van der Waals surface area contributed by atoms with Crippen LogP contribution in [0.15, 0.2) is 77.7 Å². The van der Waals surface area contributed by atoms with Crippen molar-refractivity contribution in [3.05, 3.63) is 88.4 Å². The zero-order valence-electron chi connectivity index (χ0n) is 23.0. The standard InChI is InChI=1S/C29H33Cl2N3O5S/c1-20(28(36)32-29(2,3)4)33(18-24-25(30)12-9-13-26(24)31)27(35)19-34(21-14-16-22(39-5)17-15-21)40(37,38)23-10-7-6-8-11-23/h6-17,20H,18-19H2,1-5H3,(H,32,36)/t20-/m0/s1. The van der Waals surface area contributed by atoms with E-state index in [2.05, 4.69) is 5.32 Å². The van der Waals surface area contributed by atoms with Crippen LogP contribution in [0.4, 0.5) is 5.69 Å². The highest BCUT2D eigenvalue weighted by Gasteiger charge is 2.34. The van der Waals surface area contributed by atoms with E-state index in [0.29, 0.717) is 21.4 Å². The topological polar surface area (TPSA) is 96.0 Å². The molecule has 0 saturated heterocycles. The Kier molecular flexibility index (Phi) is 10.1. The molecule has 3 aromatic rings. The van der Waals surface area contributed by atoms with Gasteiger partial charge in [0, 0.05) is 27.7 Å². The van der Waals surface area contributed by atoms with Crippen LogP contribution in [0.25, 0.3) is 0 Å². The fourth-order valence-electron chi connectivity index (χ4n) is 3.91. The van der Waals surface area contributed by atoms with Gasteiger partial charge in [-0.15, -0.1) is 0 Å². The summed E-state index contributed by atoms with van der Waals surface area (Å²) < 4.78 is 33.8. The Labute approximate surface area is 245 Å². The van der Waals surface area contributed by atoms with Crippen LogP contribution < -0.4 is 14.4 Å². The molecule has 1 atom stereocenters. The number of anilines is 1. The van der Waals surface area contributed by atoms with E-state index >= 15 is 0 Å². The molecule has 214 valence electrons. The number of benzene rings is 3. The molecule has 0 aromatic heterocycles. The monoisotopic (exact) mass is 605 g/mol. The van der Waals surface area contributed by atoms with E-state index < -0.39 is 40.0 Å². The molecule has 0 aliphatic rings. The van der Waals surface area contributed by atoms with E-state index in [1.807, 2.05) is 20.8 Å². The Hall–Kier alpha value is -3.27. The summed E-state index contributed by atoms with van der Waals surface area (Å²) in [6, 6.07) is 18.1. The summed E-state index contributed by atoms with van der Waals surface area (Å²) in [6.45, 7) is 6.36. The first-order valence-electron chi connectivity index (χ1n) is 12.5. The van der Waals surface area contributed by atoms with Crippen LogP contribution in [-0.2, 0) is 26.2 Å². The van der Waals surface area contributed by atoms with E-state index in [4.69, 9.17) is 27.9 Å². The lowest BCUT2D eigenvalue weighted by molar-refractivity contribution is -0.140. The van der Waals surface area contributed by atoms with Crippen LogP contribution >= 0.6 is 23.2 Å². The van der Waals surface area contributed by atoms with Crippen LogP contribution in [0, 0.1) is 0 Å². The number of rotatable bonds is 10. The van der Waals surface area contributed by atoms with Gasteiger partial charge in [-0.05, 0) is 76.2 Å². The fraction of sp³-hybridized carbons (Fsp3) is 0.310. The van der Waals surface area contributed by atoms with E-state index in [1.54, 1.807) is 67.6 Å². The summed E-state index contributed by atoms with van der Waals surface area (Å²) in [5.41, 5.74) is 0.130. The maximum atomic E-state index is 14.0. The summed E-state index contributed by atoms with van der Waals surface area (Å²) in [7, 11) is -2.68. The van der Waals surface area contributed by atoms with Crippen molar-refractivity contribution >= 4 is 50.7 Å². The van der Waals surface area contributed by atoms with Crippen molar-refractivity contribution in [1.29, 1.82) is 0 Å². The number of carbonyl (C=O) groups is 2. The molecule has 3 aromatic carbocycles. The Morgan fingerprint density at radius 1 is 0.925 bits per heavy atom. The largest absolute Gasteiger partial charge is 0.497 e. The number of hydrogen-bond acceptors (Lipinski definition) is 5. The molecule has 0 bridgehead atoms. The number of amides is 2. The van der Waals surface area contributed by atoms with Crippen molar-refractivity contribution in [3.63, 3.8) is 0 Å². The fourth-order valence-corrected chi connectivity index (χ4v) is 5.86. The Balaban J connectivity index is 2.07. The van der Waals surface area contributed by atoms with Gasteiger partial charge in [0.05, 0.1) is 17.7 Å². The molecule has 8 nitrogen and oxygen atoms in total. The number of hydrogen-bond donors (Lipinski definition) is 1. The van der Waals surface area contributed by atoms with Gasteiger partial charge in [-0.25, -0.2) is 8.42 Å². The molecule has 0 unspecified atom stereocenters. The Bertz CT molecular complexity index is 1420. The van der Waals surface area contributed by atoms with Crippen LogP contribution in [-0.4, -0.2) is 50.4 Å². The maximum Gasteiger partial charge on any atom is 0.264 e. The number of sulfonamides is 1. The minimum atomic E-state index is -4.17.